The lowest BCUT2D eigenvalue weighted by atomic mass is 10.1. The maximum Gasteiger partial charge on any atom is 0.311 e. The second-order valence-corrected chi connectivity index (χ2v) is 7.80. The Balaban J connectivity index is 1.84. The Bertz CT molecular complexity index is 1010. The van der Waals surface area contributed by atoms with E-state index in [4.69, 9.17) is 26.1 Å². The van der Waals surface area contributed by atoms with Crippen LogP contribution >= 0.6 is 11.6 Å². The van der Waals surface area contributed by atoms with Crippen molar-refractivity contribution >= 4 is 23.5 Å². The molecule has 1 aliphatic heterocycles. The van der Waals surface area contributed by atoms with Gasteiger partial charge in [0.05, 0.1) is 37.6 Å². The Morgan fingerprint density at radius 1 is 1.10 bits per heavy atom. The quantitative estimate of drug-likeness (QED) is 0.519. The molecule has 2 aromatic carbocycles. The van der Waals surface area contributed by atoms with Gasteiger partial charge in [0.15, 0.2) is 0 Å². The molecule has 4 rings (SSSR count). The van der Waals surface area contributed by atoms with Crippen LogP contribution in [-0.2, 0) is 27.1 Å². The van der Waals surface area contributed by atoms with Gasteiger partial charge in [0.1, 0.15) is 0 Å². The molecule has 0 radical (unpaired) electrons. The summed E-state index contributed by atoms with van der Waals surface area (Å²) in [5.41, 5.74) is 3.76. The molecule has 0 spiro atoms. The number of halogens is 1. The number of morpholine rings is 1. The third-order valence-electron chi connectivity index (χ3n) is 5.25. The van der Waals surface area contributed by atoms with E-state index in [2.05, 4.69) is 21.6 Å². The fraction of sp³-hybridized carbons (Fsp3) is 0.333. The van der Waals surface area contributed by atoms with Crippen molar-refractivity contribution in [1.82, 2.24) is 9.55 Å². The largest absolute Gasteiger partial charge is 0.466 e. The first-order chi connectivity index (χ1) is 15.2. The van der Waals surface area contributed by atoms with Crippen LogP contribution in [0.1, 0.15) is 23.9 Å². The number of rotatable bonds is 7. The van der Waals surface area contributed by atoms with E-state index in [1.165, 1.54) is 0 Å². The van der Waals surface area contributed by atoms with E-state index in [9.17, 15) is 4.79 Å². The number of anilines is 1. The minimum absolute atomic E-state index is 0.149. The number of benzene rings is 2. The molecule has 1 saturated heterocycles. The molecule has 0 amide bonds. The number of ether oxygens (including phenoxy) is 2. The molecular formula is C24H26ClN3O3. The van der Waals surface area contributed by atoms with Crippen molar-refractivity contribution in [2.24, 2.45) is 0 Å². The lowest BCUT2D eigenvalue weighted by Crippen LogP contribution is -2.38. The summed E-state index contributed by atoms with van der Waals surface area (Å²) in [6.45, 7) is 4.95. The summed E-state index contributed by atoms with van der Waals surface area (Å²) in [6, 6.07) is 17.8. The van der Waals surface area contributed by atoms with Crippen LogP contribution in [0.5, 0.6) is 0 Å². The number of imidazole rings is 1. The zero-order valence-corrected chi connectivity index (χ0v) is 18.3. The first-order valence-electron chi connectivity index (χ1n) is 10.5. The first kappa shape index (κ1) is 21.4. The second-order valence-electron chi connectivity index (χ2n) is 7.36. The summed E-state index contributed by atoms with van der Waals surface area (Å²) in [7, 11) is 0. The summed E-state index contributed by atoms with van der Waals surface area (Å²) in [4.78, 5) is 19.8. The highest BCUT2D eigenvalue weighted by molar-refractivity contribution is 6.30. The van der Waals surface area contributed by atoms with Crippen LogP contribution in [0.4, 0.5) is 5.95 Å². The van der Waals surface area contributed by atoms with Crippen LogP contribution < -0.4 is 4.90 Å². The number of nitrogens with zero attached hydrogens (tertiary/aromatic N) is 3. The number of aromatic nitrogens is 2. The third-order valence-corrected chi connectivity index (χ3v) is 5.50. The van der Waals surface area contributed by atoms with Crippen molar-refractivity contribution in [1.29, 1.82) is 0 Å². The number of esters is 1. The van der Waals surface area contributed by atoms with Gasteiger partial charge in [-0.2, -0.15) is 0 Å². The van der Waals surface area contributed by atoms with Gasteiger partial charge in [-0.3, -0.25) is 9.36 Å². The predicted molar refractivity (Wildman–Crippen MR) is 121 cm³/mol. The molecule has 162 valence electrons. The minimum atomic E-state index is -0.263. The fourth-order valence-electron chi connectivity index (χ4n) is 3.78. The van der Waals surface area contributed by atoms with Gasteiger partial charge in [-0.15, -0.1) is 0 Å². The molecule has 1 aliphatic rings. The van der Waals surface area contributed by atoms with Gasteiger partial charge in [-0.05, 0) is 36.8 Å². The lowest BCUT2D eigenvalue weighted by Gasteiger charge is -2.28. The molecule has 6 nitrogen and oxygen atoms in total. The molecule has 0 unspecified atom stereocenters. The standard InChI is InChI=1S/C24H26ClN3O3/c1-2-31-23(29)17-22-21(16-18-6-4-3-5-7-18)26-24(27-12-14-30-15-13-27)28(22)20-10-8-19(25)9-11-20/h3-11H,2,12-17H2,1H3. The number of hydrogen-bond acceptors (Lipinski definition) is 5. The van der Waals surface area contributed by atoms with Crippen molar-refractivity contribution in [2.45, 2.75) is 19.8 Å². The highest BCUT2D eigenvalue weighted by atomic mass is 35.5. The zero-order chi connectivity index (χ0) is 21.6. The smallest absolute Gasteiger partial charge is 0.311 e. The summed E-state index contributed by atoms with van der Waals surface area (Å²) in [5.74, 6) is 0.552. The van der Waals surface area contributed by atoms with Crippen LogP contribution in [0.3, 0.4) is 0 Å². The summed E-state index contributed by atoms with van der Waals surface area (Å²) < 4.78 is 12.9. The van der Waals surface area contributed by atoms with Crippen molar-refractivity contribution in [3.63, 3.8) is 0 Å². The molecule has 0 saturated carbocycles. The minimum Gasteiger partial charge on any atom is -0.466 e. The molecule has 3 aromatic rings. The van der Waals surface area contributed by atoms with E-state index < -0.39 is 0 Å². The van der Waals surface area contributed by atoms with Gasteiger partial charge in [-0.1, -0.05) is 41.9 Å². The Morgan fingerprint density at radius 2 is 1.81 bits per heavy atom. The first-order valence-corrected chi connectivity index (χ1v) is 10.9. The van der Waals surface area contributed by atoms with E-state index in [-0.39, 0.29) is 12.4 Å². The number of hydrogen-bond donors (Lipinski definition) is 0. The van der Waals surface area contributed by atoms with E-state index in [1.54, 1.807) is 0 Å². The van der Waals surface area contributed by atoms with Crippen LogP contribution in [0, 0.1) is 0 Å². The molecule has 0 aliphatic carbocycles. The van der Waals surface area contributed by atoms with Crippen molar-refractivity contribution in [3.8, 4) is 5.69 Å². The molecule has 0 N–H and O–H groups in total. The average molecular weight is 440 g/mol. The molecular weight excluding hydrogens is 414 g/mol. The molecule has 1 fully saturated rings. The number of carbonyl (C=O) groups excluding carboxylic acids is 1. The Kier molecular flexibility index (Phi) is 6.89. The van der Waals surface area contributed by atoms with Crippen LogP contribution in [0.2, 0.25) is 5.02 Å². The highest BCUT2D eigenvalue weighted by Gasteiger charge is 2.26. The van der Waals surface area contributed by atoms with Crippen LogP contribution in [0.25, 0.3) is 5.69 Å². The average Bonchev–Trinajstić information content (AvgIpc) is 3.13. The van der Waals surface area contributed by atoms with Gasteiger partial charge in [0.25, 0.3) is 0 Å². The maximum atomic E-state index is 12.5. The predicted octanol–water partition coefficient (Wildman–Crippen LogP) is 4.06. The number of carbonyl (C=O) groups is 1. The lowest BCUT2D eigenvalue weighted by molar-refractivity contribution is -0.142. The zero-order valence-electron chi connectivity index (χ0n) is 17.6. The summed E-state index contributed by atoms with van der Waals surface area (Å²) in [6.07, 6.45) is 0.781. The summed E-state index contributed by atoms with van der Waals surface area (Å²) >= 11 is 6.14. The molecule has 7 heteroatoms. The highest BCUT2D eigenvalue weighted by Crippen LogP contribution is 2.29. The third kappa shape index (κ3) is 5.09. The van der Waals surface area contributed by atoms with E-state index in [0.717, 1.165) is 41.7 Å². The molecule has 31 heavy (non-hydrogen) atoms. The second kappa shape index (κ2) is 9.98. The monoisotopic (exact) mass is 439 g/mol. The fourth-order valence-corrected chi connectivity index (χ4v) is 3.91. The Morgan fingerprint density at radius 3 is 2.48 bits per heavy atom. The Labute approximate surface area is 187 Å². The van der Waals surface area contributed by atoms with Crippen LogP contribution in [0.15, 0.2) is 54.6 Å². The Hall–Kier alpha value is -2.83. The van der Waals surface area contributed by atoms with Gasteiger partial charge in [-0.25, -0.2) is 4.98 Å². The van der Waals surface area contributed by atoms with Crippen molar-refractivity contribution in [2.75, 3.05) is 37.8 Å². The van der Waals surface area contributed by atoms with Crippen molar-refractivity contribution in [3.05, 3.63) is 76.6 Å². The molecule has 0 bridgehead atoms. The maximum absolute atomic E-state index is 12.5. The normalized spacial score (nSPS) is 13.9. The van der Waals surface area contributed by atoms with E-state index in [0.29, 0.717) is 31.3 Å². The topological polar surface area (TPSA) is 56.6 Å². The van der Waals surface area contributed by atoms with Gasteiger partial charge in [0, 0.05) is 30.2 Å². The van der Waals surface area contributed by atoms with Crippen LogP contribution in [-0.4, -0.2) is 48.4 Å². The summed E-state index contributed by atoms with van der Waals surface area (Å²) in [5, 5.41) is 0.660. The van der Waals surface area contributed by atoms with Gasteiger partial charge in [0.2, 0.25) is 5.95 Å². The SMILES string of the molecule is CCOC(=O)Cc1c(Cc2ccccc2)nc(N2CCOCC2)n1-c1ccc(Cl)cc1. The van der Waals surface area contributed by atoms with Crippen molar-refractivity contribution < 1.29 is 14.3 Å². The molecule has 0 atom stereocenters. The van der Waals surface area contributed by atoms with E-state index in [1.807, 2.05) is 49.4 Å². The van der Waals surface area contributed by atoms with Gasteiger partial charge >= 0.3 is 5.97 Å². The van der Waals surface area contributed by atoms with E-state index >= 15 is 0 Å². The van der Waals surface area contributed by atoms with Gasteiger partial charge < -0.3 is 14.4 Å². The molecule has 2 heterocycles. The molecule has 1 aromatic heterocycles.